The van der Waals surface area contributed by atoms with Crippen LogP contribution in [-0.4, -0.2) is 25.3 Å². The maximum Gasteiger partial charge on any atom is 0.0835 e. The van der Waals surface area contributed by atoms with E-state index >= 15 is 0 Å². The summed E-state index contributed by atoms with van der Waals surface area (Å²) in [6, 6.07) is 0. The first-order chi connectivity index (χ1) is 7.79. The van der Waals surface area contributed by atoms with Crippen LogP contribution in [0.15, 0.2) is 11.7 Å². The van der Waals surface area contributed by atoms with Gasteiger partial charge < -0.3 is 0 Å². The number of aryl methyl sites for hydroxylation is 4. The third-order valence-corrected chi connectivity index (χ3v) is 3.74. The zero-order chi connectivity index (χ0) is 11.4. The number of rotatable bonds is 5. The lowest BCUT2D eigenvalue weighted by atomic mass is 10.3. The normalized spacial score (nSPS) is 10.9. The van der Waals surface area contributed by atoms with Crippen molar-refractivity contribution < 1.29 is 0 Å². The van der Waals surface area contributed by atoms with Gasteiger partial charge in [0.2, 0.25) is 0 Å². The van der Waals surface area contributed by atoms with Crippen LogP contribution in [0.2, 0.25) is 0 Å². The quantitative estimate of drug-likeness (QED) is 0.795. The summed E-state index contributed by atoms with van der Waals surface area (Å²) in [6.45, 7) is 2.92. The first kappa shape index (κ1) is 11.7. The fraction of sp³-hybridized carbons (Fsp3) is 0.500. The Morgan fingerprint density at radius 2 is 2.31 bits per heavy atom. The Morgan fingerprint density at radius 1 is 1.44 bits per heavy atom. The van der Waals surface area contributed by atoms with E-state index in [0.29, 0.717) is 0 Å². The van der Waals surface area contributed by atoms with E-state index in [1.165, 1.54) is 4.88 Å². The van der Waals surface area contributed by atoms with Crippen molar-refractivity contribution >= 4 is 27.3 Å². The minimum atomic E-state index is 0.873. The number of hydrogen-bond donors (Lipinski definition) is 0. The average molecular weight is 301 g/mol. The smallest absolute Gasteiger partial charge is 0.0835 e. The summed E-state index contributed by atoms with van der Waals surface area (Å²) in [4.78, 5) is 5.56. The zero-order valence-electron chi connectivity index (χ0n) is 9.06. The molecular formula is C10H13BrN4S. The van der Waals surface area contributed by atoms with E-state index in [0.717, 1.165) is 36.1 Å². The fourth-order valence-corrected chi connectivity index (χ4v) is 2.62. The minimum absolute atomic E-state index is 0.873. The largest absolute Gasteiger partial charge is 0.252 e. The highest BCUT2D eigenvalue weighted by molar-refractivity contribution is 9.09. The number of nitrogens with zero attached hydrogens (tertiary/aromatic N) is 4. The highest BCUT2D eigenvalue weighted by Crippen LogP contribution is 2.13. The highest BCUT2D eigenvalue weighted by atomic mass is 79.9. The van der Waals surface area contributed by atoms with Crippen LogP contribution in [-0.2, 0) is 19.4 Å². The zero-order valence-corrected chi connectivity index (χ0v) is 11.5. The Bertz CT molecular complexity index is 451. The lowest BCUT2D eigenvalue weighted by Gasteiger charge is -1.98. The molecule has 0 aliphatic carbocycles. The molecule has 0 saturated carbocycles. The molecule has 0 amide bonds. The van der Waals surface area contributed by atoms with Crippen LogP contribution in [0, 0.1) is 6.92 Å². The van der Waals surface area contributed by atoms with Crippen LogP contribution in [0.1, 0.15) is 16.3 Å². The summed E-state index contributed by atoms with van der Waals surface area (Å²) in [6.07, 6.45) is 3.92. The molecule has 0 spiro atoms. The topological polar surface area (TPSA) is 43.6 Å². The molecule has 4 nitrogen and oxygen atoms in total. The average Bonchev–Trinajstić information content (AvgIpc) is 2.86. The molecule has 0 N–H and O–H groups in total. The summed E-state index contributed by atoms with van der Waals surface area (Å²) >= 11 is 5.10. The lowest BCUT2D eigenvalue weighted by molar-refractivity contribution is 0.591. The van der Waals surface area contributed by atoms with Crippen molar-refractivity contribution in [3.8, 4) is 0 Å². The Kier molecular flexibility index (Phi) is 4.06. The van der Waals surface area contributed by atoms with Gasteiger partial charge in [-0.2, -0.15) is 0 Å². The Hall–Kier alpha value is -0.750. The highest BCUT2D eigenvalue weighted by Gasteiger charge is 2.03. The predicted molar refractivity (Wildman–Crippen MR) is 68.1 cm³/mol. The fourth-order valence-electron chi connectivity index (χ4n) is 1.44. The Balaban J connectivity index is 1.92. The van der Waals surface area contributed by atoms with Crippen molar-refractivity contribution in [3.63, 3.8) is 0 Å². The van der Waals surface area contributed by atoms with Crippen LogP contribution in [0.5, 0.6) is 0 Å². The predicted octanol–water partition coefficient (Wildman–Crippen LogP) is 2.22. The number of alkyl halides is 1. The van der Waals surface area contributed by atoms with Gasteiger partial charge in [-0.3, -0.25) is 4.68 Å². The van der Waals surface area contributed by atoms with E-state index in [4.69, 9.17) is 0 Å². The van der Waals surface area contributed by atoms with Gasteiger partial charge in [-0.05, 0) is 6.92 Å². The van der Waals surface area contributed by atoms with Crippen molar-refractivity contribution in [2.24, 2.45) is 0 Å². The van der Waals surface area contributed by atoms with E-state index in [9.17, 15) is 0 Å². The third-order valence-electron chi connectivity index (χ3n) is 2.35. The number of halogens is 1. The maximum absolute atomic E-state index is 4.23. The molecule has 0 bridgehead atoms. The Labute approximate surface area is 107 Å². The second kappa shape index (κ2) is 5.54. The molecule has 2 aromatic heterocycles. The molecule has 16 heavy (non-hydrogen) atoms. The molecule has 0 saturated heterocycles. The molecule has 0 aliphatic rings. The molecule has 0 aliphatic heterocycles. The number of thiazole rings is 1. The van der Waals surface area contributed by atoms with Crippen molar-refractivity contribution in [3.05, 3.63) is 28.0 Å². The summed E-state index contributed by atoms with van der Waals surface area (Å²) in [5, 5.41) is 9.12. The van der Waals surface area contributed by atoms with Gasteiger partial charge in [0.1, 0.15) is 0 Å². The van der Waals surface area contributed by atoms with Crippen molar-refractivity contribution in [2.45, 2.75) is 26.3 Å². The van der Waals surface area contributed by atoms with E-state index in [-0.39, 0.29) is 0 Å². The summed E-state index contributed by atoms with van der Waals surface area (Å²) < 4.78 is 1.90. The second-order valence-electron chi connectivity index (χ2n) is 3.52. The molecule has 2 heterocycles. The van der Waals surface area contributed by atoms with Crippen molar-refractivity contribution in [2.75, 3.05) is 5.33 Å². The molecule has 2 rings (SSSR count). The van der Waals surface area contributed by atoms with Crippen molar-refractivity contribution in [1.29, 1.82) is 0 Å². The molecule has 0 aromatic carbocycles. The third kappa shape index (κ3) is 2.89. The van der Waals surface area contributed by atoms with Gasteiger partial charge in [-0.25, -0.2) is 4.98 Å². The van der Waals surface area contributed by atoms with E-state index in [1.807, 2.05) is 23.3 Å². The van der Waals surface area contributed by atoms with Gasteiger partial charge >= 0.3 is 0 Å². The van der Waals surface area contributed by atoms with Crippen molar-refractivity contribution in [1.82, 2.24) is 20.0 Å². The standard InChI is InChI=1S/C10H13BrN4S/c1-8-10(16-7-12-8)3-5-15-6-9(2-4-11)13-14-15/h6-7H,2-5H2,1H3. The van der Waals surface area contributed by atoms with Crippen LogP contribution in [0.25, 0.3) is 0 Å². The molecule has 86 valence electrons. The summed E-state index contributed by atoms with van der Waals surface area (Å²) in [5.41, 5.74) is 4.06. The van der Waals surface area contributed by atoms with Gasteiger partial charge in [0.15, 0.2) is 0 Å². The summed E-state index contributed by atoms with van der Waals surface area (Å²) in [5.74, 6) is 0. The van der Waals surface area contributed by atoms with Gasteiger partial charge in [0.25, 0.3) is 0 Å². The van der Waals surface area contributed by atoms with Gasteiger partial charge in [0, 0.05) is 35.8 Å². The van der Waals surface area contributed by atoms with Gasteiger partial charge in [-0.1, -0.05) is 21.1 Å². The van der Waals surface area contributed by atoms with Crippen LogP contribution >= 0.6 is 27.3 Å². The molecule has 0 atom stereocenters. The first-order valence-electron chi connectivity index (χ1n) is 5.13. The first-order valence-corrected chi connectivity index (χ1v) is 7.13. The van der Waals surface area contributed by atoms with Crippen LogP contribution in [0.3, 0.4) is 0 Å². The maximum atomic E-state index is 4.23. The van der Waals surface area contributed by atoms with E-state index in [2.05, 4.69) is 31.2 Å². The molecule has 0 unspecified atom stereocenters. The van der Waals surface area contributed by atoms with E-state index in [1.54, 1.807) is 11.3 Å². The minimum Gasteiger partial charge on any atom is -0.252 e. The van der Waals surface area contributed by atoms with Gasteiger partial charge in [-0.15, -0.1) is 16.4 Å². The second-order valence-corrected chi connectivity index (χ2v) is 5.26. The number of aromatic nitrogens is 4. The lowest BCUT2D eigenvalue weighted by Crippen LogP contribution is -2.01. The van der Waals surface area contributed by atoms with Crippen LogP contribution < -0.4 is 0 Å². The van der Waals surface area contributed by atoms with Crippen LogP contribution in [0.4, 0.5) is 0 Å². The SMILES string of the molecule is Cc1ncsc1CCn1cc(CCBr)nn1. The molecule has 2 aromatic rings. The molecule has 0 radical (unpaired) electrons. The molecular weight excluding hydrogens is 288 g/mol. The number of hydrogen-bond acceptors (Lipinski definition) is 4. The molecule has 0 fully saturated rings. The van der Waals surface area contributed by atoms with Gasteiger partial charge in [0.05, 0.1) is 16.9 Å². The molecule has 6 heteroatoms. The Morgan fingerprint density at radius 3 is 3.00 bits per heavy atom. The van der Waals surface area contributed by atoms with E-state index < -0.39 is 0 Å². The summed E-state index contributed by atoms with van der Waals surface area (Å²) in [7, 11) is 0. The monoisotopic (exact) mass is 300 g/mol.